The Bertz CT molecular complexity index is 197. The Kier molecular flexibility index (Phi) is 2.42. The Balaban J connectivity index is 1.83. The van der Waals surface area contributed by atoms with Crippen LogP contribution in [0.15, 0.2) is 0 Å². The summed E-state index contributed by atoms with van der Waals surface area (Å²) in [6.07, 6.45) is 4.83. The first kappa shape index (κ1) is 8.85. The van der Waals surface area contributed by atoms with Crippen LogP contribution in [0, 0.1) is 5.92 Å². The number of hydrogen-bond acceptors (Lipinski definition) is 2. The molecule has 3 nitrogen and oxygen atoms in total. The van der Waals surface area contributed by atoms with E-state index in [9.17, 15) is 4.79 Å². The highest BCUT2D eigenvalue weighted by Gasteiger charge is 2.37. The maximum Gasteiger partial charge on any atom is 0.410 e. The zero-order valence-electron chi connectivity index (χ0n) is 8.16. The molecule has 2 saturated carbocycles. The van der Waals surface area contributed by atoms with Crippen molar-refractivity contribution < 1.29 is 9.53 Å². The second-order valence-electron chi connectivity index (χ2n) is 4.03. The molecule has 1 amide bonds. The summed E-state index contributed by atoms with van der Waals surface area (Å²) in [5.41, 5.74) is 0. The molecule has 0 spiro atoms. The lowest BCUT2D eigenvalue weighted by atomic mass is 10.4. The van der Waals surface area contributed by atoms with Crippen molar-refractivity contribution in [3.63, 3.8) is 0 Å². The molecular formula is C10H17NO2. The Labute approximate surface area is 79.0 Å². The van der Waals surface area contributed by atoms with Gasteiger partial charge in [-0.2, -0.15) is 0 Å². The fourth-order valence-electron chi connectivity index (χ4n) is 1.54. The Morgan fingerprint density at radius 3 is 2.54 bits per heavy atom. The minimum Gasteiger partial charge on any atom is -0.450 e. The Hall–Kier alpha value is -0.730. The second kappa shape index (κ2) is 3.56. The summed E-state index contributed by atoms with van der Waals surface area (Å²) in [6, 6.07) is 0.500. The average molecular weight is 183 g/mol. The van der Waals surface area contributed by atoms with E-state index in [1.165, 1.54) is 25.7 Å². The van der Waals surface area contributed by atoms with Crippen molar-refractivity contribution in [3.05, 3.63) is 0 Å². The quantitative estimate of drug-likeness (QED) is 0.667. The van der Waals surface area contributed by atoms with E-state index in [-0.39, 0.29) is 6.09 Å². The van der Waals surface area contributed by atoms with E-state index in [4.69, 9.17) is 4.74 Å². The maximum atomic E-state index is 11.5. The van der Waals surface area contributed by atoms with Crippen molar-refractivity contribution in [2.75, 3.05) is 13.2 Å². The molecule has 0 saturated heterocycles. The summed E-state index contributed by atoms with van der Waals surface area (Å²) < 4.78 is 5.02. The normalized spacial score (nSPS) is 21.3. The van der Waals surface area contributed by atoms with Crippen LogP contribution in [0.5, 0.6) is 0 Å². The molecular weight excluding hydrogens is 166 g/mol. The third kappa shape index (κ3) is 2.36. The van der Waals surface area contributed by atoms with Gasteiger partial charge in [-0.25, -0.2) is 4.79 Å². The van der Waals surface area contributed by atoms with Crippen molar-refractivity contribution in [2.24, 2.45) is 5.92 Å². The van der Waals surface area contributed by atoms with Crippen LogP contribution in [0.2, 0.25) is 0 Å². The number of carbonyl (C=O) groups excluding carboxylic acids is 1. The van der Waals surface area contributed by atoms with Crippen molar-refractivity contribution in [1.82, 2.24) is 4.90 Å². The summed E-state index contributed by atoms with van der Waals surface area (Å²) in [5, 5.41) is 0. The molecule has 2 aliphatic rings. The number of nitrogens with zero attached hydrogens (tertiary/aromatic N) is 1. The molecule has 0 radical (unpaired) electrons. The van der Waals surface area contributed by atoms with Gasteiger partial charge in [0.15, 0.2) is 0 Å². The van der Waals surface area contributed by atoms with Gasteiger partial charge in [-0.3, -0.25) is 0 Å². The van der Waals surface area contributed by atoms with Crippen molar-refractivity contribution in [1.29, 1.82) is 0 Å². The highest BCUT2D eigenvalue weighted by Crippen LogP contribution is 2.35. The van der Waals surface area contributed by atoms with Gasteiger partial charge in [0, 0.05) is 12.6 Å². The number of hydrogen-bond donors (Lipinski definition) is 0. The van der Waals surface area contributed by atoms with E-state index >= 15 is 0 Å². The van der Waals surface area contributed by atoms with Crippen LogP contribution in [-0.2, 0) is 4.74 Å². The first-order valence-corrected chi connectivity index (χ1v) is 5.24. The number of rotatable bonds is 4. The zero-order chi connectivity index (χ0) is 9.26. The molecule has 0 aromatic heterocycles. The van der Waals surface area contributed by atoms with Gasteiger partial charge in [-0.1, -0.05) is 0 Å². The van der Waals surface area contributed by atoms with Crippen LogP contribution in [0.1, 0.15) is 32.6 Å². The van der Waals surface area contributed by atoms with Gasteiger partial charge in [-0.15, -0.1) is 0 Å². The molecule has 0 unspecified atom stereocenters. The number of carbonyl (C=O) groups is 1. The SMILES string of the molecule is CCOC(=O)N(CC1CC1)C1CC1. The van der Waals surface area contributed by atoms with Crippen molar-refractivity contribution in [3.8, 4) is 0 Å². The topological polar surface area (TPSA) is 29.5 Å². The highest BCUT2D eigenvalue weighted by atomic mass is 16.6. The zero-order valence-corrected chi connectivity index (χ0v) is 8.16. The summed E-state index contributed by atoms with van der Waals surface area (Å²) in [6.45, 7) is 3.29. The molecule has 0 aliphatic heterocycles. The van der Waals surface area contributed by atoms with E-state index in [2.05, 4.69) is 0 Å². The monoisotopic (exact) mass is 183 g/mol. The van der Waals surface area contributed by atoms with Crippen molar-refractivity contribution in [2.45, 2.75) is 38.6 Å². The fourth-order valence-corrected chi connectivity index (χ4v) is 1.54. The molecule has 74 valence electrons. The van der Waals surface area contributed by atoms with Crippen LogP contribution < -0.4 is 0 Å². The lowest BCUT2D eigenvalue weighted by Gasteiger charge is -2.20. The molecule has 0 bridgehead atoms. The fraction of sp³-hybridized carbons (Fsp3) is 0.900. The summed E-state index contributed by atoms with van der Waals surface area (Å²) >= 11 is 0. The molecule has 13 heavy (non-hydrogen) atoms. The highest BCUT2D eigenvalue weighted by molar-refractivity contribution is 5.68. The van der Waals surface area contributed by atoms with E-state index in [0.29, 0.717) is 12.6 Å². The Morgan fingerprint density at radius 1 is 1.38 bits per heavy atom. The smallest absolute Gasteiger partial charge is 0.410 e. The largest absolute Gasteiger partial charge is 0.450 e. The van der Waals surface area contributed by atoms with Gasteiger partial charge < -0.3 is 9.64 Å². The first-order valence-electron chi connectivity index (χ1n) is 5.24. The molecule has 0 N–H and O–H groups in total. The predicted octanol–water partition coefficient (Wildman–Crippen LogP) is 2.02. The summed E-state index contributed by atoms with van der Waals surface area (Å²) in [4.78, 5) is 13.4. The molecule has 0 aromatic carbocycles. The molecule has 3 heteroatoms. The molecule has 0 aromatic rings. The van der Waals surface area contributed by atoms with Gasteiger partial charge in [-0.05, 0) is 38.5 Å². The predicted molar refractivity (Wildman–Crippen MR) is 49.5 cm³/mol. The summed E-state index contributed by atoms with van der Waals surface area (Å²) in [7, 11) is 0. The van der Waals surface area contributed by atoms with E-state index in [1.54, 1.807) is 0 Å². The van der Waals surface area contributed by atoms with Crippen LogP contribution in [0.25, 0.3) is 0 Å². The third-order valence-electron chi connectivity index (χ3n) is 2.64. The van der Waals surface area contributed by atoms with E-state index in [1.807, 2.05) is 11.8 Å². The molecule has 2 fully saturated rings. The minimum atomic E-state index is -0.100. The first-order chi connectivity index (χ1) is 6.31. The molecule has 2 aliphatic carbocycles. The maximum absolute atomic E-state index is 11.5. The van der Waals surface area contributed by atoms with Gasteiger partial charge in [0.2, 0.25) is 0 Å². The summed E-state index contributed by atoms with van der Waals surface area (Å²) in [5.74, 6) is 0.769. The van der Waals surface area contributed by atoms with Crippen molar-refractivity contribution >= 4 is 6.09 Å². The van der Waals surface area contributed by atoms with E-state index < -0.39 is 0 Å². The average Bonchev–Trinajstić information content (AvgIpc) is 2.95. The molecule has 2 rings (SSSR count). The molecule has 0 heterocycles. The lowest BCUT2D eigenvalue weighted by molar-refractivity contribution is 0.102. The second-order valence-corrected chi connectivity index (χ2v) is 4.03. The lowest BCUT2D eigenvalue weighted by Crippen LogP contribution is -2.35. The number of amides is 1. The Morgan fingerprint density at radius 2 is 2.08 bits per heavy atom. The van der Waals surface area contributed by atoms with Crippen LogP contribution >= 0.6 is 0 Å². The van der Waals surface area contributed by atoms with E-state index in [0.717, 1.165) is 12.5 Å². The van der Waals surface area contributed by atoms with Gasteiger partial charge in [0.1, 0.15) is 0 Å². The van der Waals surface area contributed by atoms with Gasteiger partial charge in [0.05, 0.1) is 6.61 Å². The standard InChI is InChI=1S/C10H17NO2/c1-2-13-10(12)11(9-5-6-9)7-8-3-4-8/h8-9H,2-7H2,1H3. The van der Waals surface area contributed by atoms with Gasteiger partial charge in [0.25, 0.3) is 0 Å². The van der Waals surface area contributed by atoms with Crippen LogP contribution in [0.3, 0.4) is 0 Å². The minimum absolute atomic E-state index is 0.100. The number of ether oxygens (including phenoxy) is 1. The third-order valence-corrected chi connectivity index (χ3v) is 2.64. The van der Waals surface area contributed by atoms with Crippen LogP contribution in [-0.4, -0.2) is 30.2 Å². The van der Waals surface area contributed by atoms with Crippen LogP contribution in [0.4, 0.5) is 4.79 Å². The molecule has 0 atom stereocenters. The van der Waals surface area contributed by atoms with Gasteiger partial charge >= 0.3 is 6.09 Å².